The van der Waals surface area contributed by atoms with E-state index in [-0.39, 0.29) is 17.4 Å². The van der Waals surface area contributed by atoms with Crippen molar-refractivity contribution in [2.24, 2.45) is 0 Å². The summed E-state index contributed by atoms with van der Waals surface area (Å²) in [6.07, 6.45) is 0. The van der Waals surface area contributed by atoms with Crippen LogP contribution >= 0.6 is 0 Å². The van der Waals surface area contributed by atoms with Gasteiger partial charge in [0.05, 0.1) is 30.3 Å². The van der Waals surface area contributed by atoms with Crippen molar-refractivity contribution in [3.63, 3.8) is 0 Å². The fourth-order valence-electron chi connectivity index (χ4n) is 4.55. The fraction of sp³-hybridized carbons (Fsp3) is 0.440. The van der Waals surface area contributed by atoms with E-state index >= 15 is 0 Å². The number of rotatable bonds is 3. The zero-order valence-electron chi connectivity index (χ0n) is 18.5. The Labute approximate surface area is 183 Å². The summed E-state index contributed by atoms with van der Waals surface area (Å²) >= 11 is 0. The lowest BCUT2D eigenvalue weighted by atomic mass is 9.94. The van der Waals surface area contributed by atoms with Gasteiger partial charge < -0.3 is 19.1 Å². The third kappa shape index (κ3) is 3.69. The van der Waals surface area contributed by atoms with E-state index in [4.69, 9.17) is 9.72 Å². The average Bonchev–Trinajstić information content (AvgIpc) is 3.13. The lowest BCUT2D eigenvalue weighted by molar-refractivity contribution is 0.0518. The summed E-state index contributed by atoms with van der Waals surface area (Å²) in [6, 6.07) is 16.6. The lowest BCUT2D eigenvalue weighted by Gasteiger charge is -2.42. The van der Waals surface area contributed by atoms with E-state index in [9.17, 15) is 4.79 Å². The van der Waals surface area contributed by atoms with E-state index in [0.717, 1.165) is 54.4 Å². The van der Waals surface area contributed by atoms with Crippen LogP contribution in [0.2, 0.25) is 0 Å². The van der Waals surface area contributed by atoms with Crippen LogP contribution in [0, 0.1) is 0 Å². The summed E-state index contributed by atoms with van der Waals surface area (Å²) in [4.78, 5) is 22.2. The van der Waals surface area contributed by atoms with Crippen molar-refractivity contribution in [3.05, 3.63) is 59.9 Å². The van der Waals surface area contributed by atoms with Gasteiger partial charge in [-0.1, -0.05) is 32.9 Å². The third-order valence-corrected chi connectivity index (χ3v) is 6.27. The molecule has 0 atom stereocenters. The normalized spacial score (nSPS) is 17.8. The molecule has 1 aromatic heterocycles. The van der Waals surface area contributed by atoms with Crippen LogP contribution in [0.25, 0.3) is 11.0 Å². The number of imidazole rings is 1. The molecular weight excluding hydrogens is 388 g/mol. The first-order chi connectivity index (χ1) is 14.9. The minimum absolute atomic E-state index is 0.0568. The largest absolute Gasteiger partial charge is 0.378 e. The van der Waals surface area contributed by atoms with Gasteiger partial charge in [0.1, 0.15) is 5.82 Å². The second-order valence-electron chi connectivity index (χ2n) is 9.55. The monoisotopic (exact) mass is 418 g/mol. The predicted octanol–water partition coefficient (Wildman–Crippen LogP) is 3.87. The zero-order chi connectivity index (χ0) is 21.6. The molecule has 2 aliphatic heterocycles. The zero-order valence-corrected chi connectivity index (χ0v) is 18.5. The third-order valence-electron chi connectivity index (χ3n) is 6.27. The SMILES string of the molecule is CC(C)(C)c1nc2ccccc2n1C1CN(C(=O)c2ccc(N3CCOCC3)cc2)C1. The molecule has 0 N–H and O–H groups in total. The summed E-state index contributed by atoms with van der Waals surface area (Å²) in [5.41, 5.74) is 4.03. The molecule has 1 amide bonds. The predicted molar refractivity (Wildman–Crippen MR) is 123 cm³/mol. The molecule has 2 aromatic carbocycles. The molecular formula is C25H30N4O2. The van der Waals surface area contributed by atoms with E-state index in [2.05, 4.69) is 60.6 Å². The van der Waals surface area contributed by atoms with Crippen LogP contribution in [-0.2, 0) is 10.2 Å². The highest BCUT2D eigenvalue weighted by Crippen LogP contribution is 2.34. The van der Waals surface area contributed by atoms with Gasteiger partial charge >= 0.3 is 0 Å². The minimum atomic E-state index is -0.0568. The van der Waals surface area contributed by atoms with Gasteiger partial charge in [-0.15, -0.1) is 0 Å². The number of amides is 1. The van der Waals surface area contributed by atoms with Crippen molar-refractivity contribution in [1.29, 1.82) is 0 Å². The molecule has 6 heteroatoms. The Morgan fingerprint density at radius 2 is 1.68 bits per heavy atom. The molecule has 2 saturated heterocycles. The standard InChI is InChI=1S/C25H30N4O2/c1-25(2,3)24-26-21-6-4-5-7-22(21)29(24)20-16-28(17-20)23(30)18-8-10-19(11-9-18)27-12-14-31-15-13-27/h4-11,20H,12-17H2,1-3H3. The smallest absolute Gasteiger partial charge is 0.253 e. The van der Waals surface area contributed by atoms with E-state index in [1.165, 1.54) is 0 Å². The molecule has 0 aliphatic carbocycles. The lowest BCUT2D eigenvalue weighted by Crippen LogP contribution is -2.51. The van der Waals surface area contributed by atoms with Crippen molar-refractivity contribution in [2.75, 3.05) is 44.3 Å². The van der Waals surface area contributed by atoms with Gasteiger partial charge in [-0.2, -0.15) is 0 Å². The van der Waals surface area contributed by atoms with Crippen LogP contribution in [-0.4, -0.2) is 59.8 Å². The first kappa shape index (κ1) is 20.1. The molecule has 5 rings (SSSR count). The van der Waals surface area contributed by atoms with Crippen LogP contribution < -0.4 is 4.90 Å². The number of hydrogen-bond acceptors (Lipinski definition) is 4. The van der Waals surface area contributed by atoms with Gasteiger partial charge in [-0.3, -0.25) is 4.79 Å². The Morgan fingerprint density at radius 3 is 2.35 bits per heavy atom. The maximum Gasteiger partial charge on any atom is 0.253 e. The summed E-state index contributed by atoms with van der Waals surface area (Å²) < 4.78 is 7.77. The second kappa shape index (κ2) is 7.68. The summed E-state index contributed by atoms with van der Waals surface area (Å²) in [6.45, 7) is 11.3. The average molecular weight is 419 g/mol. The Bertz CT molecular complexity index is 1080. The molecule has 3 heterocycles. The van der Waals surface area contributed by atoms with E-state index in [0.29, 0.717) is 13.1 Å². The Kier molecular flexibility index (Phi) is 4.97. The van der Waals surface area contributed by atoms with Crippen LogP contribution in [0.15, 0.2) is 48.5 Å². The maximum atomic E-state index is 13.0. The number of nitrogens with zero attached hydrogens (tertiary/aromatic N) is 4. The molecule has 3 aromatic rings. The fourth-order valence-corrected chi connectivity index (χ4v) is 4.55. The molecule has 0 saturated carbocycles. The number of para-hydroxylation sites is 2. The highest BCUT2D eigenvalue weighted by molar-refractivity contribution is 5.95. The van der Waals surface area contributed by atoms with E-state index in [1.807, 2.05) is 23.1 Å². The first-order valence-electron chi connectivity index (χ1n) is 11.1. The molecule has 0 radical (unpaired) electrons. The number of carbonyl (C=O) groups is 1. The number of likely N-dealkylation sites (tertiary alicyclic amines) is 1. The highest BCUT2D eigenvalue weighted by Gasteiger charge is 2.36. The summed E-state index contributed by atoms with van der Waals surface area (Å²) in [5.74, 6) is 1.19. The Balaban J connectivity index is 1.31. The van der Waals surface area contributed by atoms with Gasteiger partial charge in [-0.25, -0.2) is 4.98 Å². The van der Waals surface area contributed by atoms with E-state index in [1.54, 1.807) is 0 Å². The number of ether oxygens (including phenoxy) is 1. The number of carbonyl (C=O) groups excluding carboxylic acids is 1. The highest BCUT2D eigenvalue weighted by atomic mass is 16.5. The molecule has 31 heavy (non-hydrogen) atoms. The Hall–Kier alpha value is -2.86. The minimum Gasteiger partial charge on any atom is -0.378 e. The van der Waals surface area contributed by atoms with Gasteiger partial charge in [0.15, 0.2) is 0 Å². The second-order valence-corrected chi connectivity index (χ2v) is 9.55. The quantitative estimate of drug-likeness (QED) is 0.648. The van der Waals surface area contributed by atoms with Gasteiger partial charge in [0.2, 0.25) is 0 Å². The van der Waals surface area contributed by atoms with Crippen LogP contribution in [0.5, 0.6) is 0 Å². The van der Waals surface area contributed by atoms with Crippen molar-refractivity contribution < 1.29 is 9.53 Å². The van der Waals surface area contributed by atoms with Crippen LogP contribution in [0.4, 0.5) is 5.69 Å². The number of anilines is 1. The molecule has 0 bridgehead atoms. The number of fused-ring (bicyclic) bond motifs is 1. The van der Waals surface area contributed by atoms with Crippen molar-refractivity contribution in [2.45, 2.75) is 32.2 Å². The van der Waals surface area contributed by atoms with Gasteiger partial charge in [-0.05, 0) is 36.4 Å². The molecule has 0 unspecified atom stereocenters. The van der Waals surface area contributed by atoms with Crippen molar-refractivity contribution in [1.82, 2.24) is 14.5 Å². The first-order valence-corrected chi connectivity index (χ1v) is 11.1. The number of morpholine rings is 1. The van der Waals surface area contributed by atoms with Crippen LogP contribution in [0.3, 0.4) is 0 Å². The van der Waals surface area contributed by atoms with Gasteiger partial charge in [0, 0.05) is 42.8 Å². The molecule has 6 nitrogen and oxygen atoms in total. The van der Waals surface area contributed by atoms with Crippen molar-refractivity contribution >= 4 is 22.6 Å². The van der Waals surface area contributed by atoms with Gasteiger partial charge in [0.25, 0.3) is 5.91 Å². The number of hydrogen-bond donors (Lipinski definition) is 0. The number of aromatic nitrogens is 2. The Morgan fingerprint density at radius 1 is 1.00 bits per heavy atom. The van der Waals surface area contributed by atoms with E-state index < -0.39 is 0 Å². The molecule has 0 spiro atoms. The number of benzene rings is 2. The maximum absolute atomic E-state index is 13.0. The molecule has 162 valence electrons. The van der Waals surface area contributed by atoms with Crippen molar-refractivity contribution in [3.8, 4) is 0 Å². The summed E-state index contributed by atoms with van der Waals surface area (Å²) in [5, 5.41) is 0. The molecule has 2 fully saturated rings. The van der Waals surface area contributed by atoms with Crippen LogP contribution in [0.1, 0.15) is 43.0 Å². The molecule has 2 aliphatic rings. The topological polar surface area (TPSA) is 50.6 Å². The summed E-state index contributed by atoms with van der Waals surface area (Å²) in [7, 11) is 0.